The summed E-state index contributed by atoms with van der Waals surface area (Å²) in [5.41, 5.74) is 3.13. The summed E-state index contributed by atoms with van der Waals surface area (Å²) in [6.07, 6.45) is 13.3. The van der Waals surface area contributed by atoms with Crippen molar-refractivity contribution in [3.05, 3.63) is 60.6 Å². The summed E-state index contributed by atoms with van der Waals surface area (Å²) in [5.74, 6) is 0.867. The topological polar surface area (TPSA) is 59.7 Å². The Kier molecular flexibility index (Phi) is 4.04. The number of rotatable bonds is 4. The van der Waals surface area contributed by atoms with Crippen LogP contribution in [0.15, 0.2) is 49.3 Å². The van der Waals surface area contributed by atoms with Crippen LogP contribution >= 0.6 is 0 Å². The van der Waals surface area contributed by atoms with Crippen molar-refractivity contribution < 1.29 is 0 Å². The van der Waals surface area contributed by atoms with Crippen LogP contribution in [-0.4, -0.2) is 35.9 Å². The van der Waals surface area contributed by atoms with E-state index in [1.54, 1.807) is 18.6 Å². The van der Waals surface area contributed by atoms with E-state index >= 15 is 0 Å². The molecule has 1 atom stereocenters. The monoisotopic (exact) mass is 320 g/mol. The van der Waals surface area contributed by atoms with Gasteiger partial charge in [0.1, 0.15) is 5.69 Å². The van der Waals surface area contributed by atoms with E-state index in [-0.39, 0.29) is 6.04 Å². The van der Waals surface area contributed by atoms with Gasteiger partial charge in [0, 0.05) is 50.8 Å². The van der Waals surface area contributed by atoms with Crippen molar-refractivity contribution in [1.82, 2.24) is 29.4 Å². The van der Waals surface area contributed by atoms with Gasteiger partial charge in [0.15, 0.2) is 5.82 Å². The molecule has 0 aliphatic carbocycles. The molecule has 0 bridgehead atoms. The highest BCUT2D eigenvalue weighted by Gasteiger charge is 2.30. The van der Waals surface area contributed by atoms with Crippen molar-refractivity contribution in [2.24, 2.45) is 7.05 Å². The average molecular weight is 320 g/mol. The van der Waals surface area contributed by atoms with Gasteiger partial charge in [0.2, 0.25) is 0 Å². The third kappa shape index (κ3) is 2.80. The molecule has 1 unspecified atom stereocenters. The summed E-state index contributed by atoms with van der Waals surface area (Å²) in [6, 6.07) is 4.38. The molecule has 1 saturated heterocycles. The zero-order valence-corrected chi connectivity index (χ0v) is 13.7. The molecule has 0 saturated carbocycles. The molecular weight excluding hydrogens is 300 g/mol. The highest BCUT2D eigenvalue weighted by molar-refractivity contribution is 5.54. The lowest BCUT2D eigenvalue weighted by Gasteiger charge is -2.25. The van der Waals surface area contributed by atoms with Gasteiger partial charge in [-0.2, -0.15) is 0 Å². The van der Waals surface area contributed by atoms with Crippen LogP contribution in [0.1, 0.15) is 30.1 Å². The van der Waals surface area contributed by atoms with E-state index in [1.807, 2.05) is 36.3 Å². The van der Waals surface area contributed by atoms with Crippen LogP contribution in [-0.2, 0) is 13.6 Å². The molecule has 4 rings (SSSR count). The number of likely N-dealkylation sites (tertiary alicyclic amines) is 1. The van der Waals surface area contributed by atoms with Crippen LogP contribution in [0.25, 0.3) is 11.5 Å². The average Bonchev–Trinajstić information content (AvgIpc) is 3.25. The zero-order valence-electron chi connectivity index (χ0n) is 13.7. The molecule has 0 amide bonds. The molecule has 6 heteroatoms. The quantitative estimate of drug-likeness (QED) is 0.739. The minimum absolute atomic E-state index is 0.269. The maximum atomic E-state index is 4.68. The van der Waals surface area contributed by atoms with Crippen molar-refractivity contribution in [1.29, 1.82) is 0 Å². The van der Waals surface area contributed by atoms with Crippen LogP contribution in [0.4, 0.5) is 0 Å². The second-order valence-corrected chi connectivity index (χ2v) is 6.14. The maximum absolute atomic E-state index is 4.68. The van der Waals surface area contributed by atoms with E-state index in [4.69, 9.17) is 0 Å². The molecule has 3 aromatic rings. The Hall–Kier alpha value is -2.60. The SMILES string of the molecule is Cn1ccnc1-c1nccnc1C1CCCN1Cc1cccnc1. The summed E-state index contributed by atoms with van der Waals surface area (Å²) >= 11 is 0. The Morgan fingerprint density at radius 2 is 2.04 bits per heavy atom. The zero-order chi connectivity index (χ0) is 16.4. The van der Waals surface area contributed by atoms with E-state index in [1.165, 1.54) is 12.0 Å². The molecule has 122 valence electrons. The van der Waals surface area contributed by atoms with Crippen molar-refractivity contribution in [2.45, 2.75) is 25.4 Å². The van der Waals surface area contributed by atoms with Gasteiger partial charge in [0.05, 0.1) is 11.7 Å². The fraction of sp³-hybridized carbons (Fsp3) is 0.333. The van der Waals surface area contributed by atoms with Crippen LogP contribution in [0, 0.1) is 0 Å². The van der Waals surface area contributed by atoms with Crippen molar-refractivity contribution in [3.8, 4) is 11.5 Å². The normalized spacial score (nSPS) is 18.1. The first-order valence-corrected chi connectivity index (χ1v) is 8.24. The Balaban J connectivity index is 1.67. The highest BCUT2D eigenvalue weighted by Crippen LogP contribution is 2.35. The molecule has 3 aromatic heterocycles. The molecular formula is C18H20N6. The van der Waals surface area contributed by atoms with E-state index in [0.717, 1.165) is 36.7 Å². The second kappa shape index (κ2) is 6.49. The molecule has 1 aliphatic rings. The molecule has 1 aliphatic heterocycles. The van der Waals surface area contributed by atoms with Gasteiger partial charge in [0.25, 0.3) is 0 Å². The fourth-order valence-electron chi connectivity index (χ4n) is 3.41. The van der Waals surface area contributed by atoms with Gasteiger partial charge >= 0.3 is 0 Å². The molecule has 0 N–H and O–H groups in total. The van der Waals surface area contributed by atoms with Crippen LogP contribution in [0.2, 0.25) is 0 Å². The summed E-state index contributed by atoms with van der Waals surface area (Å²) in [4.78, 5) is 20.4. The third-order valence-corrected chi connectivity index (χ3v) is 4.55. The Morgan fingerprint density at radius 1 is 1.12 bits per heavy atom. The number of nitrogens with zero attached hydrogens (tertiary/aromatic N) is 6. The standard InChI is InChI=1S/C18H20N6/c1-23-11-9-22-18(23)17-16(20-7-8-21-17)15-5-3-10-24(15)13-14-4-2-6-19-12-14/h2,4,6-9,11-12,15H,3,5,10,13H2,1H3. The molecule has 0 spiro atoms. The summed E-state index contributed by atoms with van der Waals surface area (Å²) < 4.78 is 1.99. The fourth-order valence-corrected chi connectivity index (χ4v) is 3.41. The minimum Gasteiger partial charge on any atom is -0.333 e. The lowest BCUT2D eigenvalue weighted by atomic mass is 10.1. The maximum Gasteiger partial charge on any atom is 0.160 e. The first kappa shape index (κ1) is 15.0. The van der Waals surface area contributed by atoms with E-state index in [2.05, 4.69) is 30.9 Å². The number of hydrogen-bond donors (Lipinski definition) is 0. The summed E-state index contributed by atoms with van der Waals surface area (Å²) in [7, 11) is 1.99. The van der Waals surface area contributed by atoms with E-state index in [0.29, 0.717) is 0 Å². The Labute approximate surface area is 141 Å². The molecule has 4 heterocycles. The Morgan fingerprint density at radius 3 is 2.83 bits per heavy atom. The number of hydrogen-bond acceptors (Lipinski definition) is 5. The van der Waals surface area contributed by atoms with Crippen molar-refractivity contribution in [3.63, 3.8) is 0 Å². The van der Waals surface area contributed by atoms with Crippen LogP contribution in [0.3, 0.4) is 0 Å². The summed E-state index contributed by atoms with van der Waals surface area (Å²) in [5, 5.41) is 0. The summed E-state index contributed by atoms with van der Waals surface area (Å²) in [6.45, 7) is 1.95. The lowest BCUT2D eigenvalue weighted by Crippen LogP contribution is -2.24. The predicted molar refractivity (Wildman–Crippen MR) is 90.9 cm³/mol. The second-order valence-electron chi connectivity index (χ2n) is 6.14. The van der Waals surface area contributed by atoms with E-state index < -0.39 is 0 Å². The molecule has 24 heavy (non-hydrogen) atoms. The van der Waals surface area contributed by atoms with Gasteiger partial charge in [-0.3, -0.25) is 14.9 Å². The van der Waals surface area contributed by atoms with Crippen LogP contribution in [0.5, 0.6) is 0 Å². The number of imidazole rings is 1. The highest BCUT2D eigenvalue weighted by atomic mass is 15.2. The van der Waals surface area contributed by atoms with Gasteiger partial charge in [-0.25, -0.2) is 9.97 Å². The lowest BCUT2D eigenvalue weighted by molar-refractivity contribution is 0.244. The van der Waals surface area contributed by atoms with E-state index in [9.17, 15) is 0 Å². The van der Waals surface area contributed by atoms with Gasteiger partial charge in [-0.05, 0) is 31.0 Å². The first-order valence-electron chi connectivity index (χ1n) is 8.24. The Bertz CT molecular complexity index is 813. The molecule has 0 aromatic carbocycles. The smallest absolute Gasteiger partial charge is 0.160 e. The largest absolute Gasteiger partial charge is 0.333 e. The number of aromatic nitrogens is 5. The van der Waals surface area contributed by atoms with Crippen LogP contribution < -0.4 is 0 Å². The molecule has 1 fully saturated rings. The minimum atomic E-state index is 0.269. The predicted octanol–water partition coefficient (Wildman–Crippen LogP) is 2.61. The molecule has 6 nitrogen and oxygen atoms in total. The van der Waals surface area contributed by atoms with Gasteiger partial charge < -0.3 is 4.57 Å². The first-order chi connectivity index (χ1) is 11.8. The third-order valence-electron chi connectivity index (χ3n) is 4.55. The van der Waals surface area contributed by atoms with Gasteiger partial charge in [-0.15, -0.1) is 0 Å². The molecule has 0 radical (unpaired) electrons. The van der Waals surface area contributed by atoms with Crippen molar-refractivity contribution in [2.75, 3.05) is 6.54 Å². The number of aryl methyl sites for hydroxylation is 1. The number of pyridine rings is 1. The van der Waals surface area contributed by atoms with Gasteiger partial charge in [-0.1, -0.05) is 6.07 Å². The van der Waals surface area contributed by atoms with Crippen molar-refractivity contribution >= 4 is 0 Å².